The van der Waals surface area contributed by atoms with Gasteiger partial charge in [0.05, 0.1) is 11.4 Å². The Morgan fingerprint density at radius 3 is 2.45 bits per heavy atom. The summed E-state index contributed by atoms with van der Waals surface area (Å²) in [6.45, 7) is 9.62. The van der Waals surface area contributed by atoms with Crippen LogP contribution in [0.15, 0.2) is 18.2 Å². The van der Waals surface area contributed by atoms with Crippen LogP contribution in [0.2, 0.25) is 0 Å². The molecule has 1 fully saturated rings. The zero-order chi connectivity index (χ0) is 22.6. The Morgan fingerprint density at radius 1 is 1.16 bits per heavy atom. The minimum absolute atomic E-state index is 0.169. The number of aromatic nitrogens is 2. The van der Waals surface area contributed by atoms with Crippen molar-refractivity contribution in [2.24, 2.45) is 5.92 Å². The third-order valence-electron chi connectivity index (χ3n) is 6.01. The van der Waals surface area contributed by atoms with E-state index in [0.717, 1.165) is 48.7 Å². The highest BCUT2D eigenvalue weighted by molar-refractivity contribution is 7.09. The summed E-state index contributed by atoms with van der Waals surface area (Å²) in [6, 6.07) is 6.82. The molecule has 0 bridgehead atoms. The van der Waals surface area contributed by atoms with Gasteiger partial charge in [-0.05, 0) is 48.8 Å². The first-order valence-electron chi connectivity index (χ1n) is 11.3. The first-order chi connectivity index (χ1) is 14.7. The normalized spacial score (nSPS) is 16.5. The van der Waals surface area contributed by atoms with Gasteiger partial charge in [0.1, 0.15) is 0 Å². The van der Waals surface area contributed by atoms with Crippen LogP contribution in [0.3, 0.4) is 0 Å². The summed E-state index contributed by atoms with van der Waals surface area (Å²) in [4.78, 5) is 6.15. The number of hydrogen-bond acceptors (Lipinski definition) is 5. The number of alkyl halides is 3. The summed E-state index contributed by atoms with van der Waals surface area (Å²) in [6.07, 6.45) is 2.47. The number of nitrogens with one attached hydrogen (secondary N) is 1. The van der Waals surface area contributed by atoms with Crippen molar-refractivity contribution in [2.75, 3.05) is 16.8 Å². The molecule has 1 aromatic carbocycles. The van der Waals surface area contributed by atoms with Gasteiger partial charge in [0.2, 0.25) is 11.0 Å². The molecule has 4 nitrogen and oxygen atoms in total. The molecule has 1 atom stereocenters. The second-order valence-corrected chi connectivity index (χ2v) is 9.72. The van der Waals surface area contributed by atoms with Gasteiger partial charge < -0.3 is 10.2 Å². The lowest BCUT2D eigenvalue weighted by Gasteiger charge is -2.38. The average Bonchev–Trinajstić information content (AvgIpc) is 3.21. The Morgan fingerprint density at radius 2 is 1.87 bits per heavy atom. The Bertz CT molecular complexity index is 844. The van der Waals surface area contributed by atoms with Gasteiger partial charge in [0, 0.05) is 24.1 Å². The minimum atomic E-state index is -4.54. The summed E-state index contributed by atoms with van der Waals surface area (Å²) in [5.74, 6) is -0.253. The van der Waals surface area contributed by atoms with Crippen LogP contribution in [0.1, 0.15) is 83.5 Å². The third-order valence-corrected chi connectivity index (χ3v) is 6.64. The molecule has 8 heteroatoms. The van der Waals surface area contributed by atoms with Crippen molar-refractivity contribution in [1.82, 2.24) is 9.36 Å². The zero-order valence-electron chi connectivity index (χ0n) is 18.8. The number of nitrogens with zero attached hydrogens (tertiary/aromatic N) is 3. The van der Waals surface area contributed by atoms with E-state index in [4.69, 9.17) is 0 Å². The monoisotopic (exact) mass is 454 g/mol. The van der Waals surface area contributed by atoms with E-state index < -0.39 is 12.0 Å². The van der Waals surface area contributed by atoms with Gasteiger partial charge in [0.15, 0.2) is 0 Å². The quantitative estimate of drug-likeness (QED) is 0.446. The maximum Gasteiger partial charge on any atom is 0.452 e. The Balaban J connectivity index is 2.00. The lowest BCUT2D eigenvalue weighted by Crippen LogP contribution is -2.39. The van der Waals surface area contributed by atoms with Crippen molar-refractivity contribution >= 4 is 28.0 Å². The molecule has 0 radical (unpaired) electrons. The van der Waals surface area contributed by atoms with E-state index >= 15 is 0 Å². The van der Waals surface area contributed by atoms with Crippen molar-refractivity contribution in [1.29, 1.82) is 0 Å². The first kappa shape index (κ1) is 23.8. The third kappa shape index (κ3) is 6.11. The maximum absolute atomic E-state index is 13.0. The summed E-state index contributed by atoms with van der Waals surface area (Å²) in [5, 5.41) is 3.35. The molecule has 0 unspecified atom stereocenters. The van der Waals surface area contributed by atoms with Gasteiger partial charge in [-0.3, -0.25) is 0 Å². The van der Waals surface area contributed by atoms with E-state index in [9.17, 15) is 13.2 Å². The molecule has 0 aliphatic heterocycles. The number of hydrogen-bond donors (Lipinski definition) is 1. The lowest BCUT2D eigenvalue weighted by atomic mass is 9.92. The van der Waals surface area contributed by atoms with Crippen molar-refractivity contribution in [2.45, 2.75) is 84.4 Å². The highest BCUT2D eigenvalue weighted by Crippen LogP contribution is 2.38. The second-order valence-electron chi connectivity index (χ2n) is 8.97. The largest absolute Gasteiger partial charge is 0.452 e. The van der Waals surface area contributed by atoms with Gasteiger partial charge in [-0.25, -0.2) is 0 Å². The summed E-state index contributed by atoms with van der Waals surface area (Å²) in [7, 11) is 0. The molecule has 1 heterocycles. The van der Waals surface area contributed by atoms with E-state index in [1.165, 1.54) is 24.8 Å². The topological polar surface area (TPSA) is 41.0 Å². The Labute approximate surface area is 187 Å². The van der Waals surface area contributed by atoms with E-state index in [1.54, 1.807) is 0 Å². The second kappa shape index (κ2) is 10.2. The summed E-state index contributed by atoms with van der Waals surface area (Å²) in [5.41, 5.74) is 3.02. The number of halogens is 3. The average molecular weight is 455 g/mol. The molecule has 1 aliphatic rings. The van der Waals surface area contributed by atoms with Gasteiger partial charge in [-0.15, -0.1) is 0 Å². The molecule has 1 N–H and O–H groups in total. The molecule has 172 valence electrons. The van der Waals surface area contributed by atoms with E-state index in [0.29, 0.717) is 17.9 Å². The molecule has 31 heavy (non-hydrogen) atoms. The highest BCUT2D eigenvalue weighted by atomic mass is 32.1. The fourth-order valence-electron chi connectivity index (χ4n) is 4.18. The van der Waals surface area contributed by atoms with Crippen LogP contribution in [0.25, 0.3) is 0 Å². The van der Waals surface area contributed by atoms with Crippen LogP contribution in [0.4, 0.5) is 29.7 Å². The van der Waals surface area contributed by atoms with Crippen molar-refractivity contribution in [3.05, 3.63) is 29.6 Å². The van der Waals surface area contributed by atoms with E-state index in [-0.39, 0.29) is 5.13 Å². The molecule has 0 saturated heterocycles. The van der Waals surface area contributed by atoms with Crippen LogP contribution in [-0.4, -0.2) is 21.9 Å². The molecular weight excluding hydrogens is 421 g/mol. The first-order valence-corrected chi connectivity index (χ1v) is 12.0. The van der Waals surface area contributed by atoms with Gasteiger partial charge >= 0.3 is 6.18 Å². The van der Waals surface area contributed by atoms with Crippen molar-refractivity contribution < 1.29 is 13.2 Å². The van der Waals surface area contributed by atoms with Crippen LogP contribution in [0, 0.1) is 5.92 Å². The smallest absolute Gasteiger partial charge is 0.367 e. The maximum atomic E-state index is 13.0. The Kier molecular flexibility index (Phi) is 7.83. The molecule has 0 spiro atoms. The molecule has 1 saturated carbocycles. The fraction of sp³-hybridized carbons (Fsp3) is 0.652. The number of benzene rings is 1. The predicted octanol–water partition coefficient (Wildman–Crippen LogP) is 7.61. The number of rotatable bonds is 8. The van der Waals surface area contributed by atoms with E-state index in [1.807, 2.05) is 0 Å². The zero-order valence-corrected chi connectivity index (χ0v) is 19.6. The van der Waals surface area contributed by atoms with Crippen LogP contribution in [-0.2, 0) is 6.18 Å². The fourth-order valence-corrected chi connectivity index (χ4v) is 4.78. The molecular formula is C23H33F3N4S. The molecule has 1 aromatic heterocycles. The molecule has 3 rings (SSSR count). The predicted molar refractivity (Wildman–Crippen MR) is 122 cm³/mol. The Hall–Kier alpha value is -1.83. The van der Waals surface area contributed by atoms with E-state index in [2.05, 4.69) is 65.5 Å². The standard InChI is InChI=1S/C23H33F3N4S/c1-5-16(4)17-11-12-20(30(14-15(2)3)18-9-7-6-8-10-18)19(13-17)27-22-28-21(29-31-22)23(24,25)26/h11-13,15-16,18H,5-10,14H2,1-4H3,(H,27,28,29)/t16-/m1/s1. The van der Waals surface area contributed by atoms with Crippen LogP contribution in [0.5, 0.6) is 0 Å². The summed E-state index contributed by atoms with van der Waals surface area (Å²) >= 11 is 0.750. The SMILES string of the molecule is CC[C@@H](C)c1ccc(N(CC(C)C)C2CCCCC2)c(Nc2nc(C(F)(F)F)ns2)c1. The lowest BCUT2D eigenvalue weighted by molar-refractivity contribution is -0.144. The van der Waals surface area contributed by atoms with Gasteiger partial charge in [-0.1, -0.05) is 53.0 Å². The minimum Gasteiger partial charge on any atom is -0.367 e. The summed E-state index contributed by atoms with van der Waals surface area (Å²) < 4.78 is 42.5. The molecule has 0 amide bonds. The van der Waals surface area contributed by atoms with Gasteiger partial charge in [-0.2, -0.15) is 22.5 Å². The highest BCUT2D eigenvalue weighted by Gasteiger charge is 2.36. The van der Waals surface area contributed by atoms with Crippen LogP contribution >= 0.6 is 11.5 Å². The molecule has 2 aromatic rings. The van der Waals surface area contributed by atoms with Gasteiger partial charge in [0.25, 0.3) is 0 Å². The molecule has 1 aliphatic carbocycles. The van der Waals surface area contributed by atoms with Crippen molar-refractivity contribution in [3.63, 3.8) is 0 Å². The number of anilines is 3. The van der Waals surface area contributed by atoms with Crippen molar-refractivity contribution in [3.8, 4) is 0 Å². The van der Waals surface area contributed by atoms with Crippen LogP contribution < -0.4 is 10.2 Å².